The number of pyridine rings is 1. The molecule has 2 aromatic heterocycles. The molecular formula is C10H9N3O4. The Hall–Kier alpha value is -2.44. The molecule has 0 atom stereocenters. The van der Waals surface area contributed by atoms with E-state index in [-0.39, 0.29) is 23.2 Å². The lowest BCUT2D eigenvalue weighted by Crippen LogP contribution is -2.24. The Balaban J connectivity index is 2.74. The number of carbonyl (C=O) groups excluding carboxylic acids is 1. The summed E-state index contributed by atoms with van der Waals surface area (Å²) < 4.78 is 4.71. The monoisotopic (exact) mass is 235 g/mol. The molecule has 0 saturated carbocycles. The summed E-state index contributed by atoms with van der Waals surface area (Å²) in [6.45, 7) is 1.78. The highest BCUT2D eigenvalue weighted by molar-refractivity contribution is 5.92. The quantitative estimate of drug-likeness (QED) is 0.700. The highest BCUT2D eigenvalue weighted by atomic mass is 16.5. The van der Waals surface area contributed by atoms with Crippen molar-refractivity contribution in [3.05, 3.63) is 38.7 Å². The molecule has 2 aromatic rings. The maximum atomic E-state index is 11.9. The molecule has 0 aliphatic heterocycles. The van der Waals surface area contributed by atoms with E-state index >= 15 is 0 Å². The fourth-order valence-electron chi connectivity index (χ4n) is 1.42. The number of esters is 1. The first kappa shape index (κ1) is 11.1. The van der Waals surface area contributed by atoms with E-state index in [1.807, 2.05) is 0 Å². The van der Waals surface area contributed by atoms with E-state index in [9.17, 15) is 14.4 Å². The number of nitrogens with zero attached hydrogens (tertiary/aromatic N) is 1. The van der Waals surface area contributed by atoms with Crippen LogP contribution in [0.1, 0.15) is 17.3 Å². The minimum Gasteiger partial charge on any atom is -0.462 e. The number of rotatable bonds is 2. The number of hydrogen-bond donors (Lipinski definition) is 2. The minimum absolute atomic E-state index is 0.131. The van der Waals surface area contributed by atoms with E-state index in [0.717, 1.165) is 0 Å². The number of aromatic amines is 2. The lowest BCUT2D eigenvalue weighted by Gasteiger charge is -2.01. The van der Waals surface area contributed by atoms with Crippen molar-refractivity contribution in [2.45, 2.75) is 6.92 Å². The third-order valence-corrected chi connectivity index (χ3v) is 2.17. The highest BCUT2D eigenvalue weighted by Crippen LogP contribution is 2.00. The summed E-state index contributed by atoms with van der Waals surface area (Å²) >= 11 is 0. The van der Waals surface area contributed by atoms with Gasteiger partial charge in [-0.05, 0) is 6.92 Å². The fraction of sp³-hybridized carbons (Fsp3) is 0.200. The van der Waals surface area contributed by atoms with Crippen LogP contribution in [0.15, 0.2) is 22.1 Å². The van der Waals surface area contributed by atoms with Crippen LogP contribution in [0.4, 0.5) is 0 Å². The van der Waals surface area contributed by atoms with Crippen LogP contribution in [-0.4, -0.2) is 27.5 Å². The van der Waals surface area contributed by atoms with Gasteiger partial charge >= 0.3 is 5.97 Å². The van der Waals surface area contributed by atoms with Crippen molar-refractivity contribution in [2.75, 3.05) is 6.61 Å². The Bertz CT molecular complexity index is 686. The molecule has 0 aliphatic carbocycles. The molecule has 0 spiro atoms. The summed E-state index contributed by atoms with van der Waals surface area (Å²) in [5.74, 6) is -0.765. The molecule has 0 saturated heterocycles. The van der Waals surface area contributed by atoms with Gasteiger partial charge in [0.2, 0.25) is 5.43 Å². The molecule has 17 heavy (non-hydrogen) atoms. The van der Waals surface area contributed by atoms with Gasteiger partial charge in [-0.15, -0.1) is 0 Å². The van der Waals surface area contributed by atoms with Crippen LogP contribution in [0.25, 0.3) is 11.0 Å². The zero-order chi connectivity index (χ0) is 12.4. The van der Waals surface area contributed by atoms with E-state index in [2.05, 4.69) is 15.0 Å². The average molecular weight is 235 g/mol. The third-order valence-electron chi connectivity index (χ3n) is 2.17. The number of aromatic nitrogens is 3. The smallest absolute Gasteiger partial charge is 0.343 e. The maximum absolute atomic E-state index is 11.9. The maximum Gasteiger partial charge on any atom is 0.343 e. The van der Waals surface area contributed by atoms with Crippen molar-refractivity contribution in [3.63, 3.8) is 0 Å². The van der Waals surface area contributed by atoms with E-state index < -0.39 is 17.0 Å². The van der Waals surface area contributed by atoms with Gasteiger partial charge in [0.1, 0.15) is 16.6 Å². The molecule has 2 heterocycles. The summed E-state index contributed by atoms with van der Waals surface area (Å²) in [6.07, 6.45) is 2.36. The summed E-state index contributed by atoms with van der Waals surface area (Å²) in [7, 11) is 0. The van der Waals surface area contributed by atoms with E-state index in [1.54, 1.807) is 6.92 Å². The van der Waals surface area contributed by atoms with Crippen LogP contribution in [-0.2, 0) is 4.74 Å². The third kappa shape index (κ3) is 1.82. The van der Waals surface area contributed by atoms with Gasteiger partial charge in [0, 0.05) is 6.20 Å². The van der Waals surface area contributed by atoms with Crippen LogP contribution < -0.4 is 11.0 Å². The molecule has 0 radical (unpaired) electrons. The standard InChI is InChI=1S/C10H9N3O4/c1-2-17-10(16)5-3-11-8-6(7(5)14)9(15)13-4-12-8/h3-4H,2H2,1H3,(H2,11,12,13,14,15). The molecule has 2 rings (SSSR count). The average Bonchev–Trinajstić information content (AvgIpc) is 2.29. The van der Waals surface area contributed by atoms with Crippen LogP contribution in [0.3, 0.4) is 0 Å². The van der Waals surface area contributed by atoms with Gasteiger partial charge in [-0.25, -0.2) is 9.78 Å². The number of nitrogens with one attached hydrogen (secondary N) is 2. The molecule has 88 valence electrons. The topological polar surface area (TPSA) is 105 Å². The van der Waals surface area contributed by atoms with Crippen LogP contribution in [0.2, 0.25) is 0 Å². The minimum atomic E-state index is -0.765. The second kappa shape index (κ2) is 4.20. The van der Waals surface area contributed by atoms with Gasteiger partial charge < -0.3 is 14.7 Å². The van der Waals surface area contributed by atoms with Crippen molar-refractivity contribution >= 4 is 17.0 Å². The largest absolute Gasteiger partial charge is 0.462 e. The van der Waals surface area contributed by atoms with Crippen LogP contribution in [0, 0.1) is 0 Å². The number of H-pyrrole nitrogens is 2. The highest BCUT2D eigenvalue weighted by Gasteiger charge is 2.15. The van der Waals surface area contributed by atoms with Gasteiger partial charge in [-0.1, -0.05) is 0 Å². The van der Waals surface area contributed by atoms with Crippen molar-refractivity contribution in [1.82, 2.24) is 15.0 Å². The number of hydrogen-bond acceptors (Lipinski definition) is 5. The molecule has 7 heteroatoms. The van der Waals surface area contributed by atoms with Crippen molar-refractivity contribution in [1.29, 1.82) is 0 Å². The Labute approximate surface area is 94.5 Å². The Morgan fingerprint density at radius 1 is 1.41 bits per heavy atom. The summed E-state index contributed by atoms with van der Waals surface area (Å²) in [4.78, 5) is 43.5. The van der Waals surface area contributed by atoms with Crippen molar-refractivity contribution in [3.8, 4) is 0 Å². The van der Waals surface area contributed by atoms with E-state index in [0.29, 0.717) is 0 Å². The van der Waals surface area contributed by atoms with Gasteiger partial charge in [-0.3, -0.25) is 9.59 Å². The number of fused-ring (bicyclic) bond motifs is 1. The predicted molar refractivity (Wildman–Crippen MR) is 58.9 cm³/mol. The summed E-state index contributed by atoms with van der Waals surface area (Å²) in [5, 5.41) is -0.182. The first-order chi connectivity index (χ1) is 8.15. The Morgan fingerprint density at radius 2 is 2.18 bits per heavy atom. The summed E-state index contributed by atoms with van der Waals surface area (Å²) in [6, 6.07) is 0. The molecule has 0 aliphatic rings. The molecule has 7 nitrogen and oxygen atoms in total. The molecule has 0 unspecified atom stereocenters. The van der Waals surface area contributed by atoms with Gasteiger partial charge in [-0.2, -0.15) is 0 Å². The van der Waals surface area contributed by atoms with Crippen LogP contribution in [0.5, 0.6) is 0 Å². The predicted octanol–water partition coefficient (Wildman–Crippen LogP) is -0.212. The van der Waals surface area contributed by atoms with E-state index in [4.69, 9.17) is 4.74 Å². The Morgan fingerprint density at radius 3 is 2.88 bits per heavy atom. The zero-order valence-corrected chi connectivity index (χ0v) is 8.94. The zero-order valence-electron chi connectivity index (χ0n) is 8.94. The first-order valence-electron chi connectivity index (χ1n) is 4.91. The lowest BCUT2D eigenvalue weighted by atomic mass is 10.2. The molecule has 0 aromatic carbocycles. The molecule has 2 N–H and O–H groups in total. The molecular weight excluding hydrogens is 226 g/mol. The first-order valence-corrected chi connectivity index (χ1v) is 4.91. The van der Waals surface area contributed by atoms with Crippen molar-refractivity contribution < 1.29 is 9.53 Å². The van der Waals surface area contributed by atoms with Gasteiger partial charge in [0.25, 0.3) is 5.56 Å². The Kier molecular flexibility index (Phi) is 2.73. The van der Waals surface area contributed by atoms with Crippen LogP contribution >= 0.6 is 0 Å². The molecule has 0 bridgehead atoms. The second-order valence-electron chi connectivity index (χ2n) is 3.21. The van der Waals surface area contributed by atoms with Gasteiger partial charge in [0.05, 0.1) is 12.9 Å². The summed E-state index contributed by atoms with van der Waals surface area (Å²) in [5.41, 5.74) is -1.36. The lowest BCUT2D eigenvalue weighted by molar-refractivity contribution is 0.0524. The molecule has 0 fully saturated rings. The second-order valence-corrected chi connectivity index (χ2v) is 3.21. The normalized spacial score (nSPS) is 10.4. The molecule has 0 amide bonds. The fourth-order valence-corrected chi connectivity index (χ4v) is 1.42. The van der Waals surface area contributed by atoms with Gasteiger partial charge in [0.15, 0.2) is 0 Å². The number of carbonyl (C=O) groups is 1. The SMILES string of the molecule is CCOC(=O)c1c[nH]c2nc[nH]c(=O)c2c1=O. The number of ether oxygens (including phenoxy) is 1. The van der Waals surface area contributed by atoms with Crippen molar-refractivity contribution in [2.24, 2.45) is 0 Å². The van der Waals surface area contributed by atoms with E-state index in [1.165, 1.54) is 12.5 Å².